The Bertz CT molecular complexity index is 622. The Kier molecular flexibility index (Phi) is 4.30. The monoisotopic (exact) mass is 287 g/mol. The van der Waals surface area contributed by atoms with Gasteiger partial charge in [-0.2, -0.15) is 5.10 Å². The van der Waals surface area contributed by atoms with Crippen molar-refractivity contribution < 1.29 is 0 Å². The van der Waals surface area contributed by atoms with E-state index < -0.39 is 0 Å². The van der Waals surface area contributed by atoms with E-state index in [4.69, 9.17) is 4.98 Å². The minimum Gasteiger partial charge on any atom is -0.373 e. The second kappa shape index (κ2) is 5.84. The van der Waals surface area contributed by atoms with Crippen molar-refractivity contribution in [2.75, 3.05) is 12.4 Å². The molecule has 5 nitrogen and oxygen atoms in total. The maximum absolute atomic E-state index is 4.83. The third-order valence-electron chi connectivity index (χ3n) is 3.45. The van der Waals surface area contributed by atoms with Crippen LogP contribution in [0.2, 0.25) is 0 Å². The first-order valence-electron chi connectivity index (χ1n) is 7.47. The molecule has 21 heavy (non-hydrogen) atoms. The summed E-state index contributed by atoms with van der Waals surface area (Å²) in [6.45, 7) is 11.5. The third kappa shape index (κ3) is 3.06. The summed E-state index contributed by atoms with van der Waals surface area (Å²) in [5.74, 6) is 1.73. The number of anilines is 1. The number of hydrogen-bond donors (Lipinski definition) is 1. The minimum absolute atomic E-state index is 0.0936. The van der Waals surface area contributed by atoms with Gasteiger partial charge in [-0.15, -0.1) is 0 Å². The van der Waals surface area contributed by atoms with E-state index in [0.717, 1.165) is 41.6 Å². The molecule has 0 aromatic carbocycles. The fraction of sp³-hybridized carbons (Fsp3) is 0.562. The molecule has 2 rings (SSSR count). The van der Waals surface area contributed by atoms with E-state index >= 15 is 0 Å². The molecule has 0 saturated carbocycles. The summed E-state index contributed by atoms with van der Waals surface area (Å²) in [5.41, 5.74) is 2.98. The summed E-state index contributed by atoms with van der Waals surface area (Å²) >= 11 is 0. The summed E-state index contributed by atoms with van der Waals surface area (Å²) in [5, 5.41) is 7.59. The van der Waals surface area contributed by atoms with Gasteiger partial charge in [0.25, 0.3) is 0 Å². The topological polar surface area (TPSA) is 55.6 Å². The van der Waals surface area contributed by atoms with Gasteiger partial charge in [0.05, 0.1) is 11.4 Å². The molecule has 0 aliphatic carbocycles. The predicted molar refractivity (Wildman–Crippen MR) is 86.5 cm³/mol. The van der Waals surface area contributed by atoms with E-state index in [1.165, 1.54) is 0 Å². The van der Waals surface area contributed by atoms with Gasteiger partial charge < -0.3 is 5.32 Å². The summed E-state index contributed by atoms with van der Waals surface area (Å²) in [4.78, 5) is 9.48. The van der Waals surface area contributed by atoms with Crippen molar-refractivity contribution in [2.24, 2.45) is 0 Å². The highest BCUT2D eigenvalue weighted by atomic mass is 15.3. The number of aryl methyl sites for hydroxylation is 1. The fourth-order valence-corrected chi connectivity index (χ4v) is 2.27. The van der Waals surface area contributed by atoms with Crippen molar-refractivity contribution in [3.63, 3.8) is 0 Å². The normalized spacial score (nSPS) is 11.7. The van der Waals surface area contributed by atoms with Crippen LogP contribution in [-0.2, 0) is 12.0 Å². The van der Waals surface area contributed by atoms with Crippen molar-refractivity contribution in [2.45, 2.75) is 53.0 Å². The Morgan fingerprint density at radius 1 is 1.24 bits per heavy atom. The second-order valence-electron chi connectivity index (χ2n) is 6.31. The second-order valence-corrected chi connectivity index (χ2v) is 6.31. The largest absolute Gasteiger partial charge is 0.373 e. The molecular weight excluding hydrogens is 262 g/mol. The highest BCUT2D eigenvalue weighted by molar-refractivity contribution is 5.65. The van der Waals surface area contributed by atoms with Crippen molar-refractivity contribution in [3.05, 3.63) is 23.7 Å². The summed E-state index contributed by atoms with van der Waals surface area (Å²) < 4.78 is 2.02. The summed E-state index contributed by atoms with van der Waals surface area (Å²) in [7, 11) is 1.90. The first-order chi connectivity index (χ1) is 9.88. The van der Waals surface area contributed by atoms with Gasteiger partial charge in [-0.05, 0) is 19.4 Å². The van der Waals surface area contributed by atoms with Gasteiger partial charge in [0.2, 0.25) is 0 Å². The van der Waals surface area contributed by atoms with Crippen LogP contribution in [0.5, 0.6) is 0 Å². The third-order valence-corrected chi connectivity index (χ3v) is 3.45. The smallest absolute Gasteiger partial charge is 0.136 e. The van der Waals surface area contributed by atoms with Gasteiger partial charge in [-0.1, -0.05) is 27.7 Å². The number of nitrogens with one attached hydrogen (secondary N) is 1. The number of nitrogens with zero attached hydrogens (tertiary/aromatic N) is 4. The molecule has 0 atom stereocenters. The van der Waals surface area contributed by atoms with Gasteiger partial charge in [0.1, 0.15) is 11.6 Å². The van der Waals surface area contributed by atoms with E-state index in [1.54, 1.807) is 0 Å². The molecule has 0 bridgehead atoms. The Hall–Kier alpha value is -1.91. The molecule has 114 valence electrons. The zero-order valence-electron chi connectivity index (χ0n) is 13.9. The lowest BCUT2D eigenvalue weighted by atomic mass is 9.95. The summed E-state index contributed by atoms with van der Waals surface area (Å²) in [6, 6.07) is 2.02. The fourth-order valence-electron chi connectivity index (χ4n) is 2.27. The van der Waals surface area contributed by atoms with Gasteiger partial charge in [0.15, 0.2) is 0 Å². The van der Waals surface area contributed by atoms with Crippen molar-refractivity contribution in [1.82, 2.24) is 19.7 Å². The lowest BCUT2D eigenvalue weighted by molar-refractivity contribution is 0.545. The molecule has 0 amide bonds. The quantitative estimate of drug-likeness (QED) is 0.936. The van der Waals surface area contributed by atoms with Gasteiger partial charge in [0, 0.05) is 30.8 Å². The first-order valence-corrected chi connectivity index (χ1v) is 7.47. The highest BCUT2D eigenvalue weighted by Crippen LogP contribution is 2.29. The molecule has 0 aliphatic rings. The highest BCUT2D eigenvalue weighted by Gasteiger charge is 2.22. The maximum atomic E-state index is 4.83. The van der Waals surface area contributed by atoms with Crippen LogP contribution in [-0.4, -0.2) is 26.8 Å². The van der Waals surface area contributed by atoms with E-state index in [9.17, 15) is 0 Å². The Morgan fingerprint density at radius 3 is 2.52 bits per heavy atom. The van der Waals surface area contributed by atoms with Crippen molar-refractivity contribution >= 4 is 5.82 Å². The molecule has 0 saturated heterocycles. The van der Waals surface area contributed by atoms with Crippen LogP contribution in [0.3, 0.4) is 0 Å². The van der Waals surface area contributed by atoms with Crippen LogP contribution < -0.4 is 5.32 Å². The molecule has 0 spiro atoms. The van der Waals surface area contributed by atoms with Crippen LogP contribution in [0.15, 0.2) is 12.3 Å². The number of rotatable bonds is 4. The Balaban J connectivity index is 2.64. The molecular formula is C16H25N5. The van der Waals surface area contributed by atoms with Crippen LogP contribution >= 0.6 is 0 Å². The zero-order chi connectivity index (χ0) is 15.6. The van der Waals surface area contributed by atoms with Gasteiger partial charge in [-0.3, -0.25) is 4.68 Å². The number of aromatic nitrogens is 4. The summed E-state index contributed by atoms with van der Waals surface area (Å²) in [6.07, 6.45) is 2.88. The molecule has 2 aromatic rings. The van der Waals surface area contributed by atoms with E-state index in [1.807, 2.05) is 24.0 Å². The zero-order valence-corrected chi connectivity index (χ0v) is 13.9. The molecule has 0 unspecified atom stereocenters. The molecule has 0 fully saturated rings. The van der Waals surface area contributed by atoms with Crippen LogP contribution in [0, 0.1) is 6.92 Å². The Morgan fingerprint density at radius 2 is 1.95 bits per heavy atom. The van der Waals surface area contributed by atoms with Crippen LogP contribution in [0.4, 0.5) is 5.82 Å². The molecule has 5 heteroatoms. The van der Waals surface area contributed by atoms with E-state index in [-0.39, 0.29) is 5.41 Å². The molecule has 2 aromatic heterocycles. The van der Waals surface area contributed by atoms with Crippen molar-refractivity contribution in [1.29, 1.82) is 0 Å². The average Bonchev–Trinajstić information content (AvgIpc) is 2.86. The van der Waals surface area contributed by atoms with Gasteiger partial charge >= 0.3 is 0 Å². The number of hydrogen-bond acceptors (Lipinski definition) is 4. The lowest BCUT2D eigenvalue weighted by Crippen LogP contribution is -2.19. The van der Waals surface area contributed by atoms with Crippen LogP contribution in [0.1, 0.15) is 45.5 Å². The average molecular weight is 287 g/mol. The molecule has 0 aliphatic heterocycles. The van der Waals surface area contributed by atoms with E-state index in [0.29, 0.717) is 0 Å². The predicted octanol–water partition coefficient (Wildman–Crippen LogP) is 3.40. The standard InChI is InChI=1S/C16H25N5/c1-7-10-21-12(8-9-18-21)13-11(2)14(17-6)20-15(19-13)16(3,4)5/h8-9H,7,10H2,1-6H3,(H,17,19,20). The SMILES string of the molecule is CCCn1nccc1-c1nc(C(C)(C)C)nc(NC)c1C. The Labute approximate surface area is 126 Å². The van der Waals surface area contributed by atoms with Gasteiger partial charge in [-0.25, -0.2) is 9.97 Å². The molecule has 0 radical (unpaired) electrons. The first kappa shape index (κ1) is 15.5. The maximum Gasteiger partial charge on any atom is 0.136 e. The molecule has 1 N–H and O–H groups in total. The molecule has 2 heterocycles. The lowest BCUT2D eigenvalue weighted by Gasteiger charge is -2.20. The van der Waals surface area contributed by atoms with E-state index in [2.05, 4.69) is 50.0 Å². The van der Waals surface area contributed by atoms with Crippen molar-refractivity contribution in [3.8, 4) is 11.4 Å². The minimum atomic E-state index is -0.0936. The van der Waals surface area contributed by atoms with Crippen LogP contribution in [0.25, 0.3) is 11.4 Å².